The van der Waals surface area contributed by atoms with Gasteiger partial charge < -0.3 is 14.8 Å². The number of nitro benzene ring substituents is 1. The summed E-state index contributed by atoms with van der Waals surface area (Å²) < 4.78 is 11.9. The van der Waals surface area contributed by atoms with E-state index in [-0.39, 0.29) is 17.1 Å². The number of methoxy groups -OCH3 is 1. The lowest BCUT2D eigenvalue weighted by Gasteiger charge is -2.14. The molecule has 0 spiro atoms. The number of anilines is 1. The number of esters is 1. The molecule has 1 amide bonds. The third-order valence-corrected chi connectivity index (χ3v) is 4.27. The first-order chi connectivity index (χ1) is 13.6. The van der Waals surface area contributed by atoms with E-state index < -0.39 is 22.9 Å². The smallest absolute Gasteiger partial charge is 0.331 e. The lowest BCUT2D eigenvalue weighted by molar-refractivity contribution is -0.384. The number of carbonyl (C=O) groups excluding carboxylic acids is 2. The number of aromatic nitrogens is 2. The highest BCUT2D eigenvalue weighted by Crippen LogP contribution is 2.29. The molecule has 0 aliphatic carbocycles. The monoisotopic (exact) mass is 402 g/mol. The molecule has 10 heteroatoms. The lowest BCUT2D eigenvalue weighted by atomic mass is 10.2. The minimum Gasteiger partial charge on any atom is -0.494 e. The van der Waals surface area contributed by atoms with Crippen LogP contribution in [0.5, 0.6) is 5.75 Å². The molecule has 0 saturated heterocycles. The van der Waals surface area contributed by atoms with Gasteiger partial charge in [0.2, 0.25) is 0 Å². The molecule has 1 heterocycles. The summed E-state index contributed by atoms with van der Waals surface area (Å²) in [5, 5.41) is 17.6. The number of ether oxygens (including phenoxy) is 2. The summed E-state index contributed by atoms with van der Waals surface area (Å²) in [6.07, 6.45) is 1.72. The normalized spacial score (nSPS) is 11.9. The molecule has 0 unspecified atom stereocenters. The van der Waals surface area contributed by atoms with E-state index in [4.69, 9.17) is 9.47 Å². The molecule has 0 fully saturated rings. The van der Waals surface area contributed by atoms with Crippen molar-refractivity contribution in [2.24, 2.45) is 7.05 Å². The highest BCUT2D eigenvalue weighted by Gasteiger charge is 2.20. The van der Waals surface area contributed by atoms with Gasteiger partial charge >= 0.3 is 5.97 Å². The predicted octanol–water partition coefficient (Wildman–Crippen LogP) is 2.54. The highest BCUT2D eigenvalue weighted by atomic mass is 16.6. The number of benzene rings is 1. The fourth-order valence-electron chi connectivity index (χ4n) is 2.58. The fourth-order valence-corrected chi connectivity index (χ4v) is 2.58. The van der Waals surface area contributed by atoms with Crippen molar-refractivity contribution in [1.82, 2.24) is 9.78 Å². The van der Waals surface area contributed by atoms with E-state index in [0.717, 1.165) is 17.0 Å². The highest BCUT2D eigenvalue weighted by molar-refractivity contribution is 5.97. The van der Waals surface area contributed by atoms with E-state index in [1.54, 1.807) is 17.8 Å². The number of non-ortho nitro benzene ring substituents is 1. The molecule has 2 rings (SSSR count). The Morgan fingerprint density at radius 3 is 2.59 bits per heavy atom. The third kappa shape index (κ3) is 5.18. The Balaban J connectivity index is 2.02. The van der Waals surface area contributed by atoms with Crippen LogP contribution >= 0.6 is 0 Å². The first-order valence-electron chi connectivity index (χ1n) is 8.66. The molecule has 0 aliphatic heterocycles. The predicted molar refractivity (Wildman–Crippen MR) is 106 cm³/mol. The van der Waals surface area contributed by atoms with E-state index in [1.165, 1.54) is 38.3 Å². The Hall–Kier alpha value is -3.69. The molecule has 1 atom stereocenters. The maximum atomic E-state index is 12.3. The zero-order chi connectivity index (χ0) is 21.7. The molecule has 2 aromatic rings. The molecule has 154 valence electrons. The van der Waals surface area contributed by atoms with Crippen LogP contribution in [0.1, 0.15) is 23.9 Å². The third-order valence-electron chi connectivity index (χ3n) is 4.27. The Bertz CT molecular complexity index is 979. The molecular weight excluding hydrogens is 380 g/mol. The van der Waals surface area contributed by atoms with Gasteiger partial charge in [0.05, 0.1) is 29.5 Å². The van der Waals surface area contributed by atoms with Crippen molar-refractivity contribution in [1.29, 1.82) is 0 Å². The van der Waals surface area contributed by atoms with E-state index >= 15 is 0 Å². The number of rotatable bonds is 7. The van der Waals surface area contributed by atoms with Crippen molar-refractivity contribution in [3.05, 3.63) is 51.3 Å². The number of amides is 1. The van der Waals surface area contributed by atoms with Crippen LogP contribution in [0.2, 0.25) is 0 Å². The number of nitro groups is 1. The maximum absolute atomic E-state index is 12.3. The molecule has 1 aromatic carbocycles. The quantitative estimate of drug-likeness (QED) is 0.326. The average molecular weight is 402 g/mol. The zero-order valence-corrected chi connectivity index (χ0v) is 16.8. The van der Waals surface area contributed by atoms with E-state index in [9.17, 15) is 19.7 Å². The van der Waals surface area contributed by atoms with Crippen LogP contribution in [0.3, 0.4) is 0 Å². The van der Waals surface area contributed by atoms with Crippen LogP contribution in [-0.2, 0) is 21.4 Å². The molecule has 1 aromatic heterocycles. The Morgan fingerprint density at radius 2 is 2.03 bits per heavy atom. The Kier molecular flexibility index (Phi) is 6.71. The van der Waals surface area contributed by atoms with Crippen LogP contribution in [-0.4, -0.2) is 39.8 Å². The van der Waals surface area contributed by atoms with E-state index in [0.29, 0.717) is 0 Å². The molecule has 10 nitrogen and oxygen atoms in total. The van der Waals surface area contributed by atoms with E-state index in [1.807, 2.05) is 13.8 Å². The molecule has 0 aliphatic rings. The van der Waals surface area contributed by atoms with Crippen molar-refractivity contribution in [2.45, 2.75) is 26.9 Å². The van der Waals surface area contributed by atoms with Gasteiger partial charge in [-0.05, 0) is 32.9 Å². The summed E-state index contributed by atoms with van der Waals surface area (Å²) in [5.74, 6) is -1.17. The van der Waals surface area contributed by atoms with Gasteiger partial charge in [-0.15, -0.1) is 0 Å². The summed E-state index contributed by atoms with van der Waals surface area (Å²) in [4.78, 5) is 34.6. The average Bonchev–Trinajstić information content (AvgIpc) is 2.91. The van der Waals surface area contributed by atoms with Gasteiger partial charge in [0.1, 0.15) is 5.75 Å². The number of carbonyl (C=O) groups is 2. The van der Waals surface area contributed by atoms with Crippen LogP contribution < -0.4 is 10.1 Å². The van der Waals surface area contributed by atoms with Crippen LogP contribution in [0.15, 0.2) is 24.3 Å². The second kappa shape index (κ2) is 9.00. The zero-order valence-electron chi connectivity index (χ0n) is 16.8. The second-order valence-electron chi connectivity index (χ2n) is 6.25. The number of nitrogens with one attached hydrogen (secondary N) is 1. The summed E-state index contributed by atoms with van der Waals surface area (Å²) in [7, 11) is 3.13. The van der Waals surface area contributed by atoms with Crippen LogP contribution in [0, 0.1) is 24.0 Å². The van der Waals surface area contributed by atoms with Crippen molar-refractivity contribution in [3.63, 3.8) is 0 Å². The van der Waals surface area contributed by atoms with Crippen LogP contribution in [0.4, 0.5) is 11.4 Å². The lowest BCUT2D eigenvalue weighted by Crippen LogP contribution is -2.29. The second-order valence-corrected chi connectivity index (χ2v) is 6.25. The fraction of sp³-hybridized carbons (Fsp3) is 0.316. The van der Waals surface area contributed by atoms with Crippen molar-refractivity contribution >= 4 is 29.3 Å². The maximum Gasteiger partial charge on any atom is 0.331 e. The minimum atomic E-state index is -1.09. The van der Waals surface area contributed by atoms with Gasteiger partial charge in [0.15, 0.2) is 6.10 Å². The summed E-state index contributed by atoms with van der Waals surface area (Å²) >= 11 is 0. The van der Waals surface area contributed by atoms with Gasteiger partial charge in [0, 0.05) is 30.4 Å². The number of hydrogen-bond acceptors (Lipinski definition) is 7. The summed E-state index contributed by atoms with van der Waals surface area (Å²) in [6, 6.07) is 3.76. The standard InChI is InChI=1S/C19H22N4O6/c1-11-15(12(2)22(4)21-11)7-9-18(24)29-13(3)19(25)20-16-8-6-14(23(26)27)10-17(16)28-5/h6-10,13H,1-5H3,(H,20,25)/b9-7+/t13-/m1/s1. The largest absolute Gasteiger partial charge is 0.494 e. The minimum absolute atomic E-state index is 0.119. The van der Waals surface area contributed by atoms with Gasteiger partial charge in [-0.25, -0.2) is 4.79 Å². The molecule has 0 saturated carbocycles. The van der Waals surface area contributed by atoms with Gasteiger partial charge in [-0.3, -0.25) is 19.6 Å². The van der Waals surface area contributed by atoms with Crippen LogP contribution in [0.25, 0.3) is 6.08 Å². The SMILES string of the molecule is COc1cc([N+](=O)[O-])ccc1NC(=O)[C@@H](C)OC(=O)/C=C/c1c(C)nn(C)c1C. The molecule has 29 heavy (non-hydrogen) atoms. The Morgan fingerprint density at radius 1 is 1.34 bits per heavy atom. The first kappa shape index (κ1) is 21.6. The number of hydrogen-bond donors (Lipinski definition) is 1. The summed E-state index contributed by atoms with van der Waals surface area (Å²) in [6.45, 7) is 5.11. The number of aryl methyl sites for hydroxylation is 2. The van der Waals surface area contributed by atoms with Gasteiger partial charge in [-0.2, -0.15) is 5.10 Å². The summed E-state index contributed by atoms with van der Waals surface area (Å²) in [5.41, 5.74) is 2.51. The van der Waals surface area contributed by atoms with Crippen molar-refractivity contribution < 1.29 is 24.0 Å². The van der Waals surface area contributed by atoms with E-state index in [2.05, 4.69) is 10.4 Å². The molecular formula is C19H22N4O6. The van der Waals surface area contributed by atoms with Crippen molar-refractivity contribution in [2.75, 3.05) is 12.4 Å². The first-order valence-corrected chi connectivity index (χ1v) is 8.66. The van der Waals surface area contributed by atoms with Crippen molar-refractivity contribution in [3.8, 4) is 5.75 Å². The molecule has 0 bridgehead atoms. The number of nitrogens with zero attached hydrogens (tertiary/aromatic N) is 3. The van der Waals surface area contributed by atoms with Gasteiger partial charge in [-0.1, -0.05) is 0 Å². The molecule has 0 radical (unpaired) electrons. The van der Waals surface area contributed by atoms with Gasteiger partial charge in [0.25, 0.3) is 11.6 Å². The topological polar surface area (TPSA) is 126 Å². The Labute approximate surface area is 167 Å². The molecule has 1 N–H and O–H groups in total.